The predicted molar refractivity (Wildman–Crippen MR) is 73.1 cm³/mol. The lowest BCUT2D eigenvalue weighted by Gasteiger charge is -2.08. The van der Waals surface area contributed by atoms with Crippen LogP contribution in [0.3, 0.4) is 0 Å². The molecule has 1 N–H and O–H groups in total. The molecule has 2 aromatic rings. The number of hydrogen-bond acceptors (Lipinski definition) is 3. The molecule has 0 saturated heterocycles. The molecule has 0 aliphatic rings. The van der Waals surface area contributed by atoms with Crippen molar-refractivity contribution in [2.45, 2.75) is 13.5 Å². The maximum absolute atomic E-state index is 6.08. The van der Waals surface area contributed by atoms with E-state index in [0.717, 1.165) is 18.0 Å². The molecule has 2 rings (SSSR count). The highest BCUT2D eigenvalue weighted by atomic mass is 35.5. The number of ether oxygens (including phenoxy) is 1. The van der Waals surface area contributed by atoms with E-state index >= 15 is 0 Å². The van der Waals surface area contributed by atoms with Crippen molar-refractivity contribution in [3.63, 3.8) is 0 Å². The standard InChI is InChI=1S/C14H15ClN2O/c1-2-16-10-13-12(15)8-9-14(17-13)18-11-6-4-3-5-7-11/h3-9,16H,2,10H2,1H3. The number of para-hydroxylation sites is 1. The summed E-state index contributed by atoms with van der Waals surface area (Å²) in [6, 6.07) is 13.1. The van der Waals surface area contributed by atoms with Gasteiger partial charge in [0.1, 0.15) is 5.75 Å². The Bertz CT molecular complexity index is 502. The van der Waals surface area contributed by atoms with E-state index in [4.69, 9.17) is 16.3 Å². The Labute approximate surface area is 112 Å². The Morgan fingerprint density at radius 3 is 2.67 bits per heavy atom. The first-order chi connectivity index (χ1) is 8.79. The lowest BCUT2D eigenvalue weighted by Crippen LogP contribution is -2.13. The smallest absolute Gasteiger partial charge is 0.219 e. The topological polar surface area (TPSA) is 34.2 Å². The third kappa shape index (κ3) is 3.45. The van der Waals surface area contributed by atoms with Crippen molar-refractivity contribution in [2.24, 2.45) is 0 Å². The second-order valence-electron chi connectivity index (χ2n) is 3.77. The molecule has 0 aliphatic heterocycles. The van der Waals surface area contributed by atoms with Crippen molar-refractivity contribution < 1.29 is 4.74 Å². The van der Waals surface area contributed by atoms with Crippen LogP contribution in [0.4, 0.5) is 0 Å². The van der Waals surface area contributed by atoms with Gasteiger partial charge >= 0.3 is 0 Å². The largest absolute Gasteiger partial charge is 0.439 e. The highest BCUT2D eigenvalue weighted by Crippen LogP contribution is 2.22. The van der Waals surface area contributed by atoms with E-state index in [0.29, 0.717) is 17.4 Å². The molecule has 0 atom stereocenters. The SMILES string of the molecule is CCNCc1nc(Oc2ccccc2)ccc1Cl. The average Bonchev–Trinajstić information content (AvgIpc) is 2.40. The zero-order chi connectivity index (χ0) is 12.8. The molecular weight excluding hydrogens is 248 g/mol. The van der Waals surface area contributed by atoms with Gasteiger partial charge in [-0.2, -0.15) is 0 Å². The molecule has 0 aliphatic carbocycles. The van der Waals surface area contributed by atoms with Gasteiger partial charge in [-0.05, 0) is 24.7 Å². The molecule has 1 heterocycles. The van der Waals surface area contributed by atoms with Crippen LogP contribution >= 0.6 is 11.6 Å². The summed E-state index contributed by atoms with van der Waals surface area (Å²) in [5, 5.41) is 3.84. The Balaban J connectivity index is 2.14. The summed E-state index contributed by atoms with van der Waals surface area (Å²) >= 11 is 6.08. The van der Waals surface area contributed by atoms with Crippen LogP contribution in [0.2, 0.25) is 5.02 Å². The molecule has 0 unspecified atom stereocenters. The van der Waals surface area contributed by atoms with Crippen LogP contribution in [-0.4, -0.2) is 11.5 Å². The molecular formula is C14H15ClN2O. The van der Waals surface area contributed by atoms with Crippen LogP contribution in [0.25, 0.3) is 0 Å². The Morgan fingerprint density at radius 2 is 1.94 bits per heavy atom. The molecule has 18 heavy (non-hydrogen) atoms. The number of hydrogen-bond donors (Lipinski definition) is 1. The lowest BCUT2D eigenvalue weighted by molar-refractivity contribution is 0.459. The van der Waals surface area contributed by atoms with E-state index in [2.05, 4.69) is 10.3 Å². The third-order valence-corrected chi connectivity index (χ3v) is 2.75. The van der Waals surface area contributed by atoms with Crippen molar-refractivity contribution in [2.75, 3.05) is 6.54 Å². The van der Waals surface area contributed by atoms with Crippen LogP contribution in [0.1, 0.15) is 12.6 Å². The van der Waals surface area contributed by atoms with Crippen LogP contribution in [0.5, 0.6) is 11.6 Å². The minimum atomic E-state index is 0.554. The summed E-state index contributed by atoms with van der Waals surface area (Å²) in [6.07, 6.45) is 0. The maximum atomic E-state index is 6.08. The molecule has 94 valence electrons. The van der Waals surface area contributed by atoms with Crippen molar-refractivity contribution in [1.82, 2.24) is 10.3 Å². The zero-order valence-electron chi connectivity index (χ0n) is 10.2. The monoisotopic (exact) mass is 262 g/mol. The quantitative estimate of drug-likeness (QED) is 0.893. The summed E-state index contributed by atoms with van der Waals surface area (Å²) in [4.78, 5) is 4.39. The number of rotatable bonds is 5. The molecule has 0 amide bonds. The highest BCUT2D eigenvalue weighted by Gasteiger charge is 2.05. The molecule has 0 spiro atoms. The Hall–Kier alpha value is -1.58. The molecule has 0 radical (unpaired) electrons. The number of halogens is 1. The van der Waals surface area contributed by atoms with Crippen LogP contribution in [-0.2, 0) is 6.54 Å². The second-order valence-corrected chi connectivity index (χ2v) is 4.18. The molecule has 3 nitrogen and oxygen atoms in total. The first-order valence-corrected chi connectivity index (χ1v) is 6.26. The normalized spacial score (nSPS) is 10.3. The van der Waals surface area contributed by atoms with Gasteiger partial charge in [0.2, 0.25) is 5.88 Å². The number of pyridine rings is 1. The number of nitrogens with one attached hydrogen (secondary N) is 1. The van der Waals surface area contributed by atoms with Crippen LogP contribution < -0.4 is 10.1 Å². The minimum absolute atomic E-state index is 0.554. The van der Waals surface area contributed by atoms with Gasteiger partial charge in [-0.15, -0.1) is 0 Å². The van der Waals surface area contributed by atoms with Gasteiger partial charge in [0.25, 0.3) is 0 Å². The van der Waals surface area contributed by atoms with Crippen molar-refractivity contribution in [3.8, 4) is 11.6 Å². The van der Waals surface area contributed by atoms with Gasteiger partial charge in [-0.25, -0.2) is 4.98 Å². The molecule has 4 heteroatoms. The van der Waals surface area contributed by atoms with E-state index in [1.807, 2.05) is 37.3 Å². The van der Waals surface area contributed by atoms with E-state index in [1.54, 1.807) is 12.1 Å². The lowest BCUT2D eigenvalue weighted by atomic mass is 10.3. The van der Waals surface area contributed by atoms with E-state index in [-0.39, 0.29) is 0 Å². The van der Waals surface area contributed by atoms with Crippen molar-refractivity contribution >= 4 is 11.6 Å². The van der Waals surface area contributed by atoms with Crippen LogP contribution in [0, 0.1) is 0 Å². The molecule has 1 aromatic carbocycles. The Morgan fingerprint density at radius 1 is 1.17 bits per heavy atom. The van der Waals surface area contributed by atoms with Crippen molar-refractivity contribution in [3.05, 3.63) is 53.2 Å². The summed E-state index contributed by atoms with van der Waals surface area (Å²) in [5.41, 5.74) is 0.798. The second kappa shape index (κ2) is 6.38. The minimum Gasteiger partial charge on any atom is -0.439 e. The fraction of sp³-hybridized carbons (Fsp3) is 0.214. The summed E-state index contributed by atoms with van der Waals surface area (Å²) in [7, 11) is 0. The highest BCUT2D eigenvalue weighted by molar-refractivity contribution is 6.31. The van der Waals surface area contributed by atoms with Gasteiger partial charge in [0.05, 0.1) is 10.7 Å². The number of benzene rings is 1. The molecule has 0 bridgehead atoms. The first-order valence-electron chi connectivity index (χ1n) is 5.88. The molecule has 1 aromatic heterocycles. The first kappa shape index (κ1) is 12.9. The predicted octanol–water partition coefficient (Wildman–Crippen LogP) is 3.64. The molecule has 0 fully saturated rings. The van der Waals surface area contributed by atoms with Crippen molar-refractivity contribution in [1.29, 1.82) is 0 Å². The maximum Gasteiger partial charge on any atom is 0.219 e. The van der Waals surface area contributed by atoms with E-state index < -0.39 is 0 Å². The summed E-state index contributed by atoms with van der Waals surface area (Å²) < 4.78 is 5.66. The fourth-order valence-electron chi connectivity index (χ4n) is 1.50. The zero-order valence-corrected chi connectivity index (χ0v) is 10.9. The van der Waals surface area contributed by atoms with Gasteiger partial charge in [-0.3, -0.25) is 0 Å². The van der Waals surface area contributed by atoms with E-state index in [1.165, 1.54) is 0 Å². The fourth-order valence-corrected chi connectivity index (χ4v) is 1.67. The number of aromatic nitrogens is 1. The van der Waals surface area contributed by atoms with Gasteiger partial charge < -0.3 is 10.1 Å². The van der Waals surface area contributed by atoms with Gasteiger partial charge in [0, 0.05) is 12.6 Å². The van der Waals surface area contributed by atoms with Gasteiger partial charge in [0.15, 0.2) is 0 Å². The number of nitrogens with zero attached hydrogens (tertiary/aromatic N) is 1. The average molecular weight is 263 g/mol. The summed E-state index contributed by atoms with van der Waals surface area (Å²) in [6.45, 7) is 3.56. The van der Waals surface area contributed by atoms with Crippen LogP contribution in [0.15, 0.2) is 42.5 Å². The summed E-state index contributed by atoms with van der Waals surface area (Å²) in [5.74, 6) is 1.32. The third-order valence-electron chi connectivity index (χ3n) is 2.40. The Kier molecular flexibility index (Phi) is 4.56. The van der Waals surface area contributed by atoms with Gasteiger partial charge in [-0.1, -0.05) is 36.7 Å². The van der Waals surface area contributed by atoms with E-state index in [9.17, 15) is 0 Å². The molecule has 0 saturated carbocycles.